The summed E-state index contributed by atoms with van der Waals surface area (Å²) < 4.78 is 25.7. The van der Waals surface area contributed by atoms with Crippen molar-refractivity contribution in [3.05, 3.63) is 72.2 Å². The van der Waals surface area contributed by atoms with Crippen LogP contribution in [-0.4, -0.2) is 46.9 Å². The first kappa shape index (κ1) is 21.3. The van der Waals surface area contributed by atoms with Gasteiger partial charge in [-0.2, -0.15) is 5.10 Å². The molecular formula is C24H24N6O2S. The Bertz CT molecular complexity index is 1370. The van der Waals surface area contributed by atoms with Crippen molar-refractivity contribution in [1.29, 1.82) is 0 Å². The van der Waals surface area contributed by atoms with E-state index in [1.54, 1.807) is 42.9 Å². The summed E-state index contributed by atoms with van der Waals surface area (Å²) >= 11 is 0. The molecule has 8 nitrogen and oxygen atoms in total. The van der Waals surface area contributed by atoms with Crippen LogP contribution in [0.4, 0.5) is 11.6 Å². The van der Waals surface area contributed by atoms with Gasteiger partial charge in [0.1, 0.15) is 0 Å². The second-order valence-corrected chi connectivity index (χ2v) is 10.3. The molecule has 3 N–H and O–H groups in total. The third-order valence-corrected chi connectivity index (χ3v) is 8.05. The zero-order valence-electron chi connectivity index (χ0n) is 17.9. The number of benzene rings is 2. The van der Waals surface area contributed by atoms with Crippen LogP contribution in [0, 0.1) is 0 Å². The molecule has 33 heavy (non-hydrogen) atoms. The minimum atomic E-state index is -3.31. The quantitative estimate of drug-likeness (QED) is 0.401. The van der Waals surface area contributed by atoms with Crippen LogP contribution in [0.15, 0.2) is 66.0 Å². The van der Waals surface area contributed by atoms with Crippen LogP contribution in [0.3, 0.4) is 0 Å². The van der Waals surface area contributed by atoms with Crippen LogP contribution in [-0.2, 0) is 9.84 Å². The lowest BCUT2D eigenvalue weighted by molar-refractivity contribution is 0.496. The number of H-pyrrole nitrogens is 1. The van der Waals surface area contributed by atoms with Gasteiger partial charge in [0.05, 0.1) is 21.9 Å². The van der Waals surface area contributed by atoms with Gasteiger partial charge in [-0.05, 0) is 67.9 Å². The molecule has 3 heterocycles. The fourth-order valence-corrected chi connectivity index (χ4v) is 5.66. The van der Waals surface area contributed by atoms with Crippen LogP contribution in [0.5, 0.6) is 0 Å². The third-order valence-electron chi connectivity index (χ3n) is 5.77. The summed E-state index contributed by atoms with van der Waals surface area (Å²) in [6, 6.07) is 12.9. The van der Waals surface area contributed by atoms with Gasteiger partial charge < -0.3 is 10.6 Å². The fourth-order valence-electron chi connectivity index (χ4n) is 3.90. The number of hydrogen-bond donors (Lipinski definition) is 3. The van der Waals surface area contributed by atoms with Gasteiger partial charge in [0, 0.05) is 29.0 Å². The summed E-state index contributed by atoms with van der Waals surface area (Å²) in [7, 11) is -3.31. The largest absolute Gasteiger partial charge is 0.324 e. The molecule has 1 aliphatic rings. The molecule has 168 valence electrons. The molecule has 0 saturated carbocycles. The molecule has 0 atom stereocenters. The Morgan fingerprint density at radius 3 is 2.39 bits per heavy atom. The maximum absolute atomic E-state index is 12.8. The molecular weight excluding hydrogens is 436 g/mol. The molecule has 1 aliphatic heterocycles. The van der Waals surface area contributed by atoms with Crippen LogP contribution < -0.4 is 10.6 Å². The number of rotatable bonds is 6. The van der Waals surface area contributed by atoms with E-state index >= 15 is 0 Å². The van der Waals surface area contributed by atoms with E-state index in [-0.39, 0.29) is 5.25 Å². The molecule has 0 amide bonds. The zero-order chi connectivity index (χ0) is 22.7. The van der Waals surface area contributed by atoms with E-state index in [0.29, 0.717) is 23.7 Å². The van der Waals surface area contributed by atoms with Crippen molar-refractivity contribution in [2.75, 3.05) is 18.4 Å². The monoisotopic (exact) mass is 460 g/mol. The highest BCUT2D eigenvalue weighted by molar-refractivity contribution is 7.92. The number of nitrogens with one attached hydrogen (secondary N) is 3. The maximum Gasteiger partial charge on any atom is 0.227 e. The normalized spacial score (nSPS) is 15.3. The molecule has 4 aromatic rings. The topological polar surface area (TPSA) is 113 Å². The van der Waals surface area contributed by atoms with Gasteiger partial charge in [-0.25, -0.2) is 18.4 Å². The Balaban J connectivity index is 1.23. The Morgan fingerprint density at radius 2 is 1.64 bits per heavy atom. The molecule has 2 aromatic heterocycles. The van der Waals surface area contributed by atoms with Gasteiger partial charge >= 0.3 is 0 Å². The highest BCUT2D eigenvalue weighted by Gasteiger charge is 2.28. The lowest BCUT2D eigenvalue weighted by Crippen LogP contribution is -2.35. The fraction of sp³-hybridized carbons (Fsp3) is 0.208. The van der Waals surface area contributed by atoms with Crippen molar-refractivity contribution in [1.82, 2.24) is 25.5 Å². The molecule has 0 bridgehead atoms. The van der Waals surface area contributed by atoms with Gasteiger partial charge in [-0.1, -0.05) is 18.2 Å². The van der Waals surface area contributed by atoms with Crippen LogP contribution in [0.25, 0.3) is 23.1 Å². The summed E-state index contributed by atoms with van der Waals surface area (Å²) in [6.07, 6.45) is 10.5. The third kappa shape index (κ3) is 4.79. The van der Waals surface area contributed by atoms with E-state index in [4.69, 9.17) is 0 Å². The molecule has 0 spiro atoms. The van der Waals surface area contributed by atoms with Gasteiger partial charge in [-0.3, -0.25) is 5.10 Å². The number of aromatic nitrogens is 4. The molecule has 0 aliphatic carbocycles. The van der Waals surface area contributed by atoms with Crippen molar-refractivity contribution in [3.63, 3.8) is 0 Å². The van der Waals surface area contributed by atoms with Crippen molar-refractivity contribution in [2.24, 2.45) is 0 Å². The van der Waals surface area contributed by atoms with E-state index in [0.717, 1.165) is 40.8 Å². The molecule has 0 unspecified atom stereocenters. The number of aromatic amines is 1. The molecule has 2 aromatic carbocycles. The van der Waals surface area contributed by atoms with Crippen molar-refractivity contribution in [3.8, 4) is 0 Å². The van der Waals surface area contributed by atoms with E-state index in [1.165, 1.54) is 0 Å². The first-order valence-electron chi connectivity index (χ1n) is 10.8. The Hall–Kier alpha value is -3.56. The lowest BCUT2D eigenvalue weighted by atomic mass is 10.1. The number of sulfone groups is 1. The average molecular weight is 461 g/mol. The predicted octanol–water partition coefficient (Wildman–Crippen LogP) is 3.79. The summed E-state index contributed by atoms with van der Waals surface area (Å²) in [5.74, 6) is 0.445. The second-order valence-electron chi connectivity index (χ2n) is 8.03. The van der Waals surface area contributed by atoms with Gasteiger partial charge in [0.2, 0.25) is 5.95 Å². The Morgan fingerprint density at radius 1 is 0.909 bits per heavy atom. The average Bonchev–Trinajstić information content (AvgIpc) is 3.33. The summed E-state index contributed by atoms with van der Waals surface area (Å²) in [6.45, 7) is 1.48. The van der Waals surface area contributed by atoms with Crippen LogP contribution >= 0.6 is 0 Å². The highest BCUT2D eigenvalue weighted by atomic mass is 32.2. The summed E-state index contributed by atoms with van der Waals surface area (Å²) in [4.78, 5) is 9.07. The second kappa shape index (κ2) is 9.13. The first-order valence-corrected chi connectivity index (χ1v) is 12.4. The molecule has 1 fully saturated rings. The highest BCUT2D eigenvalue weighted by Crippen LogP contribution is 2.24. The van der Waals surface area contributed by atoms with Crippen molar-refractivity contribution in [2.45, 2.75) is 23.0 Å². The lowest BCUT2D eigenvalue weighted by Gasteiger charge is -2.22. The summed E-state index contributed by atoms with van der Waals surface area (Å²) in [5, 5.41) is 14.0. The maximum atomic E-state index is 12.8. The Labute approximate surface area is 192 Å². The standard InChI is InChI=1S/C24H24N6O2S/c31-33(32,22-9-11-25-12-10-22)21-6-4-20(5-7-21)29-24-26-14-18(15-27-24)2-1-17-3-8-23-19(13-17)16-28-30-23/h1-8,13-16,22,25H,9-12H2,(H,28,30)(H,26,27,29)/b2-1+. The van der Waals surface area contributed by atoms with Gasteiger partial charge in [-0.15, -0.1) is 0 Å². The first-order chi connectivity index (χ1) is 16.1. The zero-order valence-corrected chi connectivity index (χ0v) is 18.7. The molecule has 1 saturated heterocycles. The summed E-state index contributed by atoms with van der Waals surface area (Å²) in [5.41, 5.74) is 3.67. The smallest absolute Gasteiger partial charge is 0.227 e. The molecule has 5 rings (SSSR count). The number of fused-ring (bicyclic) bond motifs is 1. The van der Waals surface area contributed by atoms with Crippen molar-refractivity contribution < 1.29 is 8.42 Å². The van der Waals surface area contributed by atoms with E-state index in [2.05, 4.69) is 36.9 Å². The van der Waals surface area contributed by atoms with Crippen LogP contribution in [0.2, 0.25) is 0 Å². The van der Waals surface area contributed by atoms with E-state index in [1.807, 2.05) is 24.3 Å². The van der Waals surface area contributed by atoms with E-state index in [9.17, 15) is 8.42 Å². The number of hydrogen-bond acceptors (Lipinski definition) is 7. The van der Waals surface area contributed by atoms with Crippen molar-refractivity contribution >= 4 is 44.5 Å². The van der Waals surface area contributed by atoms with Gasteiger partial charge in [0.15, 0.2) is 9.84 Å². The molecule has 0 radical (unpaired) electrons. The number of piperidine rings is 1. The van der Waals surface area contributed by atoms with Gasteiger partial charge in [0.25, 0.3) is 0 Å². The predicted molar refractivity (Wildman–Crippen MR) is 130 cm³/mol. The minimum absolute atomic E-state index is 0.317. The van der Waals surface area contributed by atoms with E-state index < -0.39 is 9.84 Å². The van der Waals surface area contributed by atoms with Crippen LogP contribution in [0.1, 0.15) is 24.0 Å². The number of nitrogens with zero attached hydrogens (tertiary/aromatic N) is 3. The Kier molecular flexibility index (Phi) is 5.89. The minimum Gasteiger partial charge on any atom is -0.324 e. The molecule has 9 heteroatoms. The SMILES string of the molecule is O=S(=O)(c1ccc(Nc2ncc(/C=C/c3ccc4[nH]ncc4c3)cn2)cc1)C1CCNCC1. The number of anilines is 2.